The molecule has 1 aliphatic heterocycles. The highest BCUT2D eigenvalue weighted by Crippen LogP contribution is 2.41. The Morgan fingerprint density at radius 2 is 0.911 bits per heavy atom. The van der Waals surface area contributed by atoms with Crippen LogP contribution in [0.4, 0.5) is 5.69 Å². The fourth-order valence-corrected chi connectivity index (χ4v) is 7.63. The number of hydrogen-bond acceptors (Lipinski definition) is 6. The third-order valence-electron chi connectivity index (χ3n) is 10.2. The zero-order valence-electron chi connectivity index (χ0n) is 29.4. The molecule has 1 aliphatic rings. The van der Waals surface area contributed by atoms with E-state index in [1.165, 1.54) is 4.90 Å². The van der Waals surface area contributed by atoms with Crippen LogP contribution in [-0.2, 0) is 0 Å². The maximum atomic E-state index is 14.5. The van der Waals surface area contributed by atoms with Crippen molar-refractivity contribution >= 4 is 39.3 Å². The van der Waals surface area contributed by atoms with E-state index in [1.807, 2.05) is 95.6 Å². The molecule has 0 N–H and O–H groups in total. The molecule has 9 rings (SSSR count). The number of hydrogen-bond donors (Lipinski definition) is 0. The van der Waals surface area contributed by atoms with Gasteiger partial charge in [0.05, 0.1) is 80.1 Å². The summed E-state index contributed by atoms with van der Waals surface area (Å²) in [6.07, 6.45) is 0. The van der Waals surface area contributed by atoms with Crippen molar-refractivity contribution in [2.24, 2.45) is 0 Å². The first-order valence-corrected chi connectivity index (χ1v) is 17.6. The van der Waals surface area contributed by atoms with Crippen molar-refractivity contribution in [2.75, 3.05) is 4.90 Å². The van der Waals surface area contributed by atoms with Gasteiger partial charge in [-0.15, -0.1) is 0 Å². The molecule has 2 amide bonds. The number of amides is 2. The molecule has 1 aromatic heterocycles. The molecule has 0 bridgehead atoms. The smallest absolute Gasteiger partial charge is 0.268 e. The molecule has 2 heterocycles. The predicted molar refractivity (Wildman–Crippen MR) is 214 cm³/mol. The highest BCUT2D eigenvalue weighted by atomic mass is 16.2. The summed E-state index contributed by atoms with van der Waals surface area (Å²) in [6.45, 7) is 0. The molecule has 0 fully saturated rings. The standard InChI is InChI=1S/C48H24N6O2/c49-25-29-16-30(26-50)19-37(18-29)35-12-14-43-41(23-35)42-24-36(38-20-31(27-51)17-32(21-38)28-52)13-15-44(42)54(43)45-11-5-10-40-46(45)48(56)53(47(40)55)39-9-4-8-34(22-39)33-6-2-1-3-7-33/h1-24H. The maximum Gasteiger partial charge on any atom is 0.268 e. The average Bonchev–Trinajstić information content (AvgIpc) is 3.72. The number of nitriles is 4. The summed E-state index contributed by atoms with van der Waals surface area (Å²) in [5, 5.41) is 40.4. The van der Waals surface area contributed by atoms with Gasteiger partial charge in [0, 0.05) is 10.8 Å². The van der Waals surface area contributed by atoms with Crippen LogP contribution in [0.1, 0.15) is 43.0 Å². The molecule has 8 nitrogen and oxygen atoms in total. The lowest BCUT2D eigenvalue weighted by Crippen LogP contribution is -2.29. The summed E-state index contributed by atoms with van der Waals surface area (Å²) in [7, 11) is 0. The van der Waals surface area contributed by atoms with Gasteiger partial charge in [0.2, 0.25) is 0 Å². The lowest BCUT2D eigenvalue weighted by atomic mass is 9.97. The first-order valence-electron chi connectivity index (χ1n) is 17.6. The predicted octanol–water partition coefficient (Wildman–Crippen LogP) is 10.1. The summed E-state index contributed by atoms with van der Waals surface area (Å²) in [5.41, 5.74) is 9.23. The van der Waals surface area contributed by atoms with Crippen molar-refractivity contribution in [2.45, 2.75) is 0 Å². The van der Waals surface area contributed by atoms with Gasteiger partial charge >= 0.3 is 0 Å². The average molecular weight is 717 g/mol. The molecule has 0 saturated heterocycles. The van der Waals surface area contributed by atoms with Crippen molar-refractivity contribution in [3.8, 4) is 63.3 Å². The molecule has 8 heteroatoms. The molecular weight excluding hydrogens is 693 g/mol. The molecule has 56 heavy (non-hydrogen) atoms. The zero-order valence-corrected chi connectivity index (χ0v) is 29.4. The number of carbonyl (C=O) groups is 2. The van der Waals surface area contributed by atoms with Crippen LogP contribution < -0.4 is 4.90 Å². The minimum absolute atomic E-state index is 0.273. The van der Waals surface area contributed by atoms with Gasteiger partial charge in [0.1, 0.15) is 0 Å². The van der Waals surface area contributed by atoms with E-state index in [-0.39, 0.29) is 11.1 Å². The summed E-state index contributed by atoms with van der Waals surface area (Å²) in [4.78, 5) is 29.9. The zero-order chi connectivity index (χ0) is 38.5. The number of aromatic nitrogens is 1. The largest absolute Gasteiger partial charge is 0.308 e. The van der Waals surface area contributed by atoms with Crippen LogP contribution >= 0.6 is 0 Å². The van der Waals surface area contributed by atoms with Gasteiger partial charge in [-0.2, -0.15) is 21.0 Å². The highest BCUT2D eigenvalue weighted by Gasteiger charge is 2.39. The maximum absolute atomic E-state index is 14.5. The fourth-order valence-electron chi connectivity index (χ4n) is 7.63. The molecule has 7 aromatic carbocycles. The van der Waals surface area contributed by atoms with E-state index in [9.17, 15) is 30.6 Å². The van der Waals surface area contributed by atoms with Crippen molar-refractivity contribution in [1.82, 2.24) is 4.57 Å². The van der Waals surface area contributed by atoms with Gasteiger partial charge in [-0.05, 0) is 118 Å². The van der Waals surface area contributed by atoms with E-state index in [0.717, 1.165) is 44.1 Å². The number of imide groups is 1. The van der Waals surface area contributed by atoms with E-state index in [4.69, 9.17) is 0 Å². The Morgan fingerprint density at radius 1 is 0.411 bits per heavy atom. The monoisotopic (exact) mass is 716 g/mol. The van der Waals surface area contributed by atoms with Gasteiger partial charge in [0.15, 0.2) is 0 Å². The van der Waals surface area contributed by atoms with Gasteiger partial charge in [0.25, 0.3) is 11.8 Å². The number of rotatable bonds is 5. The Hall–Kier alpha value is -8.56. The first kappa shape index (κ1) is 33.3. The topological polar surface area (TPSA) is 137 Å². The van der Waals surface area contributed by atoms with Crippen molar-refractivity contribution < 1.29 is 9.59 Å². The van der Waals surface area contributed by atoms with Gasteiger partial charge in [-0.1, -0.05) is 60.7 Å². The number of fused-ring (bicyclic) bond motifs is 4. The third-order valence-corrected chi connectivity index (χ3v) is 10.2. The van der Waals surface area contributed by atoms with Gasteiger partial charge in [-0.3, -0.25) is 9.59 Å². The van der Waals surface area contributed by atoms with Crippen molar-refractivity contribution in [1.29, 1.82) is 21.0 Å². The van der Waals surface area contributed by atoms with E-state index in [0.29, 0.717) is 44.8 Å². The molecule has 258 valence electrons. The second-order valence-corrected chi connectivity index (χ2v) is 13.4. The minimum atomic E-state index is -0.441. The first-order chi connectivity index (χ1) is 27.4. The molecule has 0 saturated carbocycles. The Morgan fingerprint density at radius 3 is 1.45 bits per heavy atom. The quantitative estimate of drug-likeness (QED) is 0.163. The van der Waals surface area contributed by atoms with Crippen molar-refractivity contribution in [3.05, 3.63) is 179 Å². The molecule has 0 atom stereocenters. The summed E-state index contributed by atoms with van der Waals surface area (Å²) in [5.74, 6) is -0.859. The molecule has 8 aromatic rings. The Labute approximate surface area is 320 Å². The Balaban J connectivity index is 1.26. The molecular formula is C48H24N6O2. The normalized spacial score (nSPS) is 11.9. The van der Waals surface area contributed by atoms with Crippen molar-refractivity contribution in [3.63, 3.8) is 0 Å². The minimum Gasteiger partial charge on any atom is -0.308 e. The van der Waals surface area contributed by atoms with Crippen LogP contribution in [0.15, 0.2) is 146 Å². The number of carbonyl (C=O) groups excluding carboxylic acids is 2. The summed E-state index contributed by atoms with van der Waals surface area (Å²) in [6, 6.07) is 52.7. The van der Waals surface area contributed by atoms with E-state index < -0.39 is 11.8 Å². The fraction of sp³-hybridized carbons (Fsp3) is 0. The molecule has 0 aliphatic carbocycles. The lowest BCUT2D eigenvalue weighted by molar-refractivity contribution is 0.0926. The Bertz CT molecular complexity index is 2990. The van der Waals surface area contributed by atoms with E-state index >= 15 is 0 Å². The Kier molecular flexibility index (Phi) is 7.81. The van der Waals surface area contributed by atoms with Crippen LogP contribution in [0.5, 0.6) is 0 Å². The second-order valence-electron chi connectivity index (χ2n) is 13.4. The van der Waals surface area contributed by atoms with Crippen LogP contribution in [0.3, 0.4) is 0 Å². The number of benzene rings is 7. The molecule has 0 radical (unpaired) electrons. The highest BCUT2D eigenvalue weighted by molar-refractivity contribution is 6.36. The van der Waals surface area contributed by atoms with E-state index in [2.05, 4.69) is 24.3 Å². The van der Waals surface area contributed by atoms with Gasteiger partial charge in [-0.25, -0.2) is 4.90 Å². The summed E-state index contributed by atoms with van der Waals surface area (Å²) >= 11 is 0. The van der Waals surface area contributed by atoms with Crippen LogP contribution in [-0.4, -0.2) is 16.4 Å². The summed E-state index contributed by atoms with van der Waals surface area (Å²) < 4.78 is 1.98. The number of anilines is 1. The SMILES string of the molecule is N#Cc1cc(C#N)cc(-c2ccc3c(c2)c2cc(-c4cc(C#N)cc(C#N)c4)ccc2n3-c2cccc3c2C(=O)N(c2cccc(-c4ccccc4)c2)C3=O)c1. The molecule has 0 spiro atoms. The number of nitrogens with zero attached hydrogens (tertiary/aromatic N) is 6. The molecule has 0 unspecified atom stereocenters. The van der Waals surface area contributed by atoms with Crippen LogP contribution in [0.25, 0.3) is 60.9 Å². The van der Waals surface area contributed by atoms with Crippen LogP contribution in [0.2, 0.25) is 0 Å². The van der Waals surface area contributed by atoms with Gasteiger partial charge < -0.3 is 4.57 Å². The second kappa shape index (κ2) is 13.1. The lowest BCUT2D eigenvalue weighted by Gasteiger charge is -2.16. The van der Waals surface area contributed by atoms with Crippen LogP contribution in [0, 0.1) is 45.3 Å². The van der Waals surface area contributed by atoms with E-state index in [1.54, 1.807) is 54.6 Å². The third kappa shape index (κ3) is 5.36.